The van der Waals surface area contributed by atoms with Crippen molar-refractivity contribution in [3.63, 3.8) is 0 Å². The van der Waals surface area contributed by atoms with Crippen LogP contribution in [0.2, 0.25) is 0 Å². The highest BCUT2D eigenvalue weighted by Gasteiger charge is 2.58. The molecule has 1 aromatic carbocycles. The summed E-state index contributed by atoms with van der Waals surface area (Å²) in [4.78, 5) is 0. The summed E-state index contributed by atoms with van der Waals surface area (Å²) < 4.78 is 71.2. The molecule has 0 bridgehead atoms. The van der Waals surface area contributed by atoms with Gasteiger partial charge in [-0.15, -0.1) is 0 Å². The van der Waals surface area contributed by atoms with Crippen molar-refractivity contribution in [3.8, 4) is 11.5 Å². The highest BCUT2D eigenvalue weighted by Crippen LogP contribution is 2.37. The van der Waals surface area contributed by atoms with Crippen molar-refractivity contribution >= 4 is 5.69 Å². The second-order valence-corrected chi connectivity index (χ2v) is 4.33. The van der Waals surface area contributed by atoms with Gasteiger partial charge in [0.15, 0.2) is 6.61 Å². The lowest BCUT2D eigenvalue weighted by molar-refractivity contribution is -0.289. The number of anilines is 1. The number of hydrogen-bond acceptors (Lipinski definition) is 3. The van der Waals surface area contributed by atoms with Gasteiger partial charge in [-0.25, -0.2) is 0 Å². The van der Waals surface area contributed by atoms with Crippen LogP contribution in [-0.4, -0.2) is 24.8 Å². The Hall–Kier alpha value is -1.73. The van der Waals surface area contributed by atoms with E-state index in [4.69, 9.17) is 10.5 Å². The van der Waals surface area contributed by atoms with Gasteiger partial charge in [-0.1, -0.05) is 6.07 Å². The molecule has 20 heavy (non-hydrogen) atoms. The van der Waals surface area contributed by atoms with Crippen LogP contribution < -0.4 is 15.2 Å². The third-order valence-corrected chi connectivity index (χ3v) is 2.21. The maximum absolute atomic E-state index is 12.7. The molecule has 1 aromatic rings. The van der Waals surface area contributed by atoms with E-state index in [0.717, 1.165) is 0 Å². The summed E-state index contributed by atoms with van der Waals surface area (Å²) in [5, 5.41) is 0. The van der Waals surface area contributed by atoms with E-state index in [9.17, 15) is 22.0 Å². The van der Waals surface area contributed by atoms with Gasteiger partial charge in [0.2, 0.25) is 0 Å². The zero-order valence-corrected chi connectivity index (χ0v) is 10.8. The van der Waals surface area contributed by atoms with Crippen molar-refractivity contribution in [2.45, 2.75) is 32.1 Å². The zero-order valence-electron chi connectivity index (χ0n) is 10.8. The molecule has 0 heterocycles. The molecule has 8 heteroatoms. The standard InChI is InChI=1S/C12H14F5NO2/c1-7(2)20-9-5-3-4-8(10(9)18)19-6-11(13,14)12(15,16)17/h3-5,7H,6,18H2,1-2H3. The highest BCUT2D eigenvalue weighted by molar-refractivity contribution is 5.62. The van der Waals surface area contributed by atoms with Crippen molar-refractivity contribution in [1.82, 2.24) is 0 Å². The highest BCUT2D eigenvalue weighted by atomic mass is 19.4. The average Bonchev–Trinajstić information content (AvgIpc) is 2.28. The van der Waals surface area contributed by atoms with Crippen LogP contribution in [-0.2, 0) is 0 Å². The molecule has 0 saturated heterocycles. The largest absolute Gasteiger partial charge is 0.489 e. The normalized spacial score (nSPS) is 12.6. The van der Waals surface area contributed by atoms with E-state index in [2.05, 4.69) is 4.74 Å². The molecule has 0 aliphatic rings. The number of nitrogen functional groups attached to an aromatic ring is 1. The van der Waals surface area contributed by atoms with Gasteiger partial charge in [0, 0.05) is 0 Å². The number of benzene rings is 1. The molecule has 0 saturated carbocycles. The molecule has 114 valence electrons. The van der Waals surface area contributed by atoms with Crippen LogP contribution in [0.4, 0.5) is 27.6 Å². The first-order chi connectivity index (χ1) is 9.04. The number of nitrogens with two attached hydrogens (primary N) is 1. The fraction of sp³-hybridized carbons (Fsp3) is 0.500. The van der Waals surface area contributed by atoms with Crippen LogP contribution in [0.3, 0.4) is 0 Å². The van der Waals surface area contributed by atoms with E-state index in [-0.39, 0.29) is 23.3 Å². The van der Waals surface area contributed by atoms with Gasteiger partial charge in [-0.3, -0.25) is 0 Å². The molecule has 0 spiro atoms. The van der Waals surface area contributed by atoms with Crippen molar-refractivity contribution in [3.05, 3.63) is 18.2 Å². The molecule has 2 N–H and O–H groups in total. The van der Waals surface area contributed by atoms with E-state index in [1.165, 1.54) is 18.2 Å². The monoisotopic (exact) mass is 299 g/mol. The van der Waals surface area contributed by atoms with Gasteiger partial charge in [0.1, 0.15) is 17.2 Å². The van der Waals surface area contributed by atoms with Crippen molar-refractivity contribution in [1.29, 1.82) is 0 Å². The number of rotatable bonds is 5. The SMILES string of the molecule is CC(C)Oc1cccc(OCC(F)(F)C(F)(F)F)c1N. The quantitative estimate of drug-likeness (QED) is 0.667. The number of hydrogen-bond donors (Lipinski definition) is 1. The second kappa shape index (κ2) is 5.72. The van der Waals surface area contributed by atoms with E-state index in [0.29, 0.717) is 0 Å². The van der Waals surface area contributed by atoms with E-state index >= 15 is 0 Å². The van der Waals surface area contributed by atoms with Gasteiger partial charge < -0.3 is 15.2 Å². The summed E-state index contributed by atoms with van der Waals surface area (Å²) in [5.74, 6) is -5.08. The Kier molecular flexibility index (Phi) is 4.67. The predicted octanol–water partition coefficient (Wildman–Crippen LogP) is 3.63. The van der Waals surface area contributed by atoms with Gasteiger partial charge in [-0.05, 0) is 26.0 Å². The van der Waals surface area contributed by atoms with Gasteiger partial charge in [0.25, 0.3) is 0 Å². The summed E-state index contributed by atoms with van der Waals surface area (Å²) >= 11 is 0. The Morgan fingerprint density at radius 3 is 2.15 bits per heavy atom. The molecule has 0 aliphatic heterocycles. The fourth-order valence-corrected chi connectivity index (χ4v) is 1.26. The van der Waals surface area contributed by atoms with Crippen molar-refractivity contribution in [2.75, 3.05) is 12.3 Å². The minimum absolute atomic E-state index is 0.126. The lowest BCUT2D eigenvalue weighted by Gasteiger charge is -2.21. The van der Waals surface area contributed by atoms with Crippen LogP contribution in [0.1, 0.15) is 13.8 Å². The second-order valence-electron chi connectivity index (χ2n) is 4.33. The first-order valence-corrected chi connectivity index (χ1v) is 5.67. The van der Waals surface area contributed by atoms with Crippen LogP contribution in [0.25, 0.3) is 0 Å². The Morgan fingerprint density at radius 1 is 1.10 bits per heavy atom. The Bertz CT molecular complexity index is 460. The molecular weight excluding hydrogens is 285 g/mol. The van der Waals surface area contributed by atoms with Crippen molar-refractivity contribution in [2.24, 2.45) is 0 Å². The summed E-state index contributed by atoms with van der Waals surface area (Å²) in [5.41, 5.74) is 5.47. The Balaban J connectivity index is 2.84. The lowest BCUT2D eigenvalue weighted by Crippen LogP contribution is -2.41. The van der Waals surface area contributed by atoms with Gasteiger partial charge >= 0.3 is 12.1 Å². The summed E-state index contributed by atoms with van der Waals surface area (Å²) in [7, 11) is 0. The Morgan fingerprint density at radius 2 is 1.65 bits per heavy atom. The topological polar surface area (TPSA) is 44.5 Å². The molecule has 1 rings (SSSR count). The third-order valence-electron chi connectivity index (χ3n) is 2.21. The van der Waals surface area contributed by atoms with E-state index in [1.807, 2.05) is 0 Å². The summed E-state index contributed by atoms with van der Waals surface area (Å²) in [6.45, 7) is 1.58. The molecule has 0 aliphatic carbocycles. The number of alkyl halides is 5. The summed E-state index contributed by atoms with van der Waals surface area (Å²) in [6.07, 6.45) is -5.91. The molecule has 0 radical (unpaired) electrons. The first-order valence-electron chi connectivity index (χ1n) is 5.67. The van der Waals surface area contributed by atoms with Gasteiger partial charge in [0.05, 0.1) is 6.10 Å². The molecule has 0 atom stereocenters. The van der Waals surface area contributed by atoms with Crippen LogP contribution in [0.15, 0.2) is 18.2 Å². The molecule has 0 aromatic heterocycles. The maximum atomic E-state index is 12.7. The molecule has 0 amide bonds. The predicted molar refractivity (Wildman–Crippen MR) is 63.1 cm³/mol. The van der Waals surface area contributed by atoms with Crippen LogP contribution >= 0.6 is 0 Å². The molecule has 0 unspecified atom stereocenters. The first kappa shape index (κ1) is 16.3. The van der Waals surface area contributed by atoms with Crippen molar-refractivity contribution < 1.29 is 31.4 Å². The van der Waals surface area contributed by atoms with E-state index in [1.54, 1.807) is 13.8 Å². The van der Waals surface area contributed by atoms with Crippen LogP contribution in [0.5, 0.6) is 11.5 Å². The van der Waals surface area contributed by atoms with Crippen LogP contribution in [0, 0.1) is 0 Å². The zero-order chi connectivity index (χ0) is 15.6. The number of ether oxygens (including phenoxy) is 2. The van der Waals surface area contributed by atoms with Gasteiger partial charge in [-0.2, -0.15) is 22.0 Å². The summed E-state index contributed by atoms with van der Waals surface area (Å²) in [6, 6.07) is 4.04. The third kappa shape index (κ3) is 3.88. The smallest absolute Gasteiger partial charge is 0.456 e. The molecule has 0 fully saturated rings. The lowest BCUT2D eigenvalue weighted by atomic mass is 10.2. The average molecular weight is 299 g/mol. The number of para-hydroxylation sites is 1. The minimum atomic E-state index is -5.67. The molecular formula is C12H14F5NO2. The fourth-order valence-electron chi connectivity index (χ4n) is 1.26. The molecule has 3 nitrogen and oxygen atoms in total. The van der Waals surface area contributed by atoms with E-state index < -0.39 is 18.7 Å². The Labute approximate surface area is 112 Å². The maximum Gasteiger partial charge on any atom is 0.456 e. The minimum Gasteiger partial charge on any atom is -0.489 e. The number of halogens is 5.